The summed E-state index contributed by atoms with van der Waals surface area (Å²) in [5.41, 5.74) is 6.46. The van der Waals surface area contributed by atoms with Gasteiger partial charge in [0.1, 0.15) is 0 Å². The summed E-state index contributed by atoms with van der Waals surface area (Å²) in [5, 5.41) is 9.66. The van der Waals surface area contributed by atoms with Crippen molar-refractivity contribution < 1.29 is 9.84 Å². The fraction of sp³-hybridized carbons (Fsp3) is 0.400. The van der Waals surface area contributed by atoms with Crippen LogP contribution in [0.25, 0.3) is 0 Å². The summed E-state index contributed by atoms with van der Waals surface area (Å²) in [6.45, 7) is 1.90. The Labute approximate surface area is 78.1 Å². The third kappa shape index (κ3) is 2.36. The number of ether oxygens (including phenoxy) is 1. The topological polar surface area (TPSA) is 55.5 Å². The number of hydrogen-bond acceptors (Lipinski definition) is 3. The van der Waals surface area contributed by atoms with E-state index in [-0.39, 0.29) is 11.8 Å². The molecule has 0 saturated heterocycles. The number of phenolic OH excluding ortho intramolecular Hbond substituents is 1. The number of phenols is 1. The van der Waals surface area contributed by atoms with Crippen LogP contribution in [0.5, 0.6) is 11.5 Å². The van der Waals surface area contributed by atoms with Crippen LogP contribution < -0.4 is 10.5 Å². The van der Waals surface area contributed by atoms with Crippen molar-refractivity contribution in [1.82, 2.24) is 0 Å². The lowest BCUT2D eigenvalue weighted by molar-refractivity contribution is 0.370. The van der Waals surface area contributed by atoms with Gasteiger partial charge >= 0.3 is 0 Å². The van der Waals surface area contributed by atoms with E-state index in [2.05, 4.69) is 0 Å². The largest absolute Gasteiger partial charge is 0.504 e. The number of nitrogens with two attached hydrogens (primary N) is 1. The summed E-state index contributed by atoms with van der Waals surface area (Å²) in [6.07, 6.45) is 0.656. The Hall–Kier alpha value is -1.22. The van der Waals surface area contributed by atoms with Gasteiger partial charge in [0.15, 0.2) is 11.5 Å². The average Bonchev–Trinajstić information content (AvgIpc) is 2.08. The molecule has 0 bridgehead atoms. The highest BCUT2D eigenvalue weighted by Gasteiger charge is 2.08. The molecular weight excluding hydrogens is 166 g/mol. The highest BCUT2D eigenvalue weighted by Crippen LogP contribution is 2.29. The van der Waals surface area contributed by atoms with E-state index in [1.165, 1.54) is 7.11 Å². The van der Waals surface area contributed by atoms with Gasteiger partial charge in [-0.1, -0.05) is 12.1 Å². The Kier molecular flexibility index (Phi) is 3.14. The minimum atomic E-state index is 0.0398. The first kappa shape index (κ1) is 9.86. The van der Waals surface area contributed by atoms with Gasteiger partial charge in [-0.3, -0.25) is 0 Å². The van der Waals surface area contributed by atoms with Gasteiger partial charge in [0.2, 0.25) is 0 Å². The molecule has 0 saturated carbocycles. The molecule has 3 N–H and O–H groups in total. The number of para-hydroxylation sites is 1. The molecule has 0 radical (unpaired) electrons. The maximum Gasteiger partial charge on any atom is 0.160 e. The van der Waals surface area contributed by atoms with Crippen LogP contribution >= 0.6 is 0 Å². The summed E-state index contributed by atoms with van der Waals surface area (Å²) in [6, 6.07) is 5.45. The van der Waals surface area contributed by atoms with Crippen LogP contribution in [-0.4, -0.2) is 18.3 Å². The first-order chi connectivity index (χ1) is 6.15. The van der Waals surface area contributed by atoms with Gasteiger partial charge in [0.25, 0.3) is 0 Å². The number of methoxy groups -OCH3 is 1. The van der Waals surface area contributed by atoms with Crippen molar-refractivity contribution >= 4 is 0 Å². The zero-order valence-electron chi connectivity index (χ0n) is 7.95. The lowest BCUT2D eigenvalue weighted by Gasteiger charge is -2.10. The Morgan fingerprint density at radius 1 is 1.54 bits per heavy atom. The van der Waals surface area contributed by atoms with Crippen molar-refractivity contribution in [3.63, 3.8) is 0 Å². The second kappa shape index (κ2) is 4.14. The average molecular weight is 181 g/mol. The molecule has 1 rings (SSSR count). The molecule has 0 amide bonds. The molecule has 0 aliphatic rings. The third-order valence-corrected chi connectivity index (χ3v) is 1.84. The lowest BCUT2D eigenvalue weighted by Crippen LogP contribution is -2.17. The molecule has 1 aromatic carbocycles. The van der Waals surface area contributed by atoms with Gasteiger partial charge < -0.3 is 15.6 Å². The highest BCUT2D eigenvalue weighted by molar-refractivity contribution is 5.45. The molecule has 3 heteroatoms. The predicted octanol–water partition coefficient (Wildman–Crippen LogP) is 1.29. The fourth-order valence-corrected chi connectivity index (χ4v) is 1.24. The molecule has 0 aromatic heterocycles. The Balaban J connectivity index is 2.94. The second-order valence-electron chi connectivity index (χ2n) is 3.15. The smallest absolute Gasteiger partial charge is 0.160 e. The quantitative estimate of drug-likeness (QED) is 0.738. The molecule has 0 aliphatic carbocycles. The van der Waals surface area contributed by atoms with E-state index in [0.717, 1.165) is 5.56 Å². The van der Waals surface area contributed by atoms with Gasteiger partial charge in [-0.15, -0.1) is 0 Å². The molecule has 1 aromatic rings. The summed E-state index contributed by atoms with van der Waals surface area (Å²) in [4.78, 5) is 0. The van der Waals surface area contributed by atoms with Crippen LogP contribution in [0.1, 0.15) is 12.5 Å². The maximum absolute atomic E-state index is 9.66. The normalized spacial score (nSPS) is 12.5. The summed E-state index contributed by atoms with van der Waals surface area (Å²) >= 11 is 0. The van der Waals surface area contributed by atoms with Gasteiger partial charge in [0, 0.05) is 6.04 Å². The maximum atomic E-state index is 9.66. The van der Waals surface area contributed by atoms with Gasteiger partial charge in [0.05, 0.1) is 7.11 Å². The van der Waals surface area contributed by atoms with E-state index in [4.69, 9.17) is 10.5 Å². The second-order valence-corrected chi connectivity index (χ2v) is 3.15. The van der Waals surface area contributed by atoms with Crippen molar-refractivity contribution in [2.45, 2.75) is 19.4 Å². The first-order valence-electron chi connectivity index (χ1n) is 4.25. The Bertz CT molecular complexity index is 284. The summed E-state index contributed by atoms with van der Waals surface area (Å²) < 4.78 is 4.98. The van der Waals surface area contributed by atoms with E-state index in [1.807, 2.05) is 19.1 Å². The molecule has 0 aliphatic heterocycles. The monoisotopic (exact) mass is 181 g/mol. The van der Waals surface area contributed by atoms with E-state index in [9.17, 15) is 5.11 Å². The number of benzene rings is 1. The highest BCUT2D eigenvalue weighted by atomic mass is 16.5. The van der Waals surface area contributed by atoms with E-state index >= 15 is 0 Å². The molecule has 0 fully saturated rings. The molecular formula is C10H15NO2. The zero-order valence-corrected chi connectivity index (χ0v) is 7.95. The van der Waals surface area contributed by atoms with Crippen molar-refractivity contribution in [3.05, 3.63) is 23.8 Å². The van der Waals surface area contributed by atoms with Crippen LogP contribution in [0.2, 0.25) is 0 Å². The SMILES string of the molecule is COc1cccc(CC(C)N)c1O. The minimum Gasteiger partial charge on any atom is -0.504 e. The number of hydrogen-bond donors (Lipinski definition) is 2. The molecule has 72 valence electrons. The number of aromatic hydroxyl groups is 1. The Morgan fingerprint density at radius 3 is 2.77 bits per heavy atom. The van der Waals surface area contributed by atoms with Crippen molar-refractivity contribution in [1.29, 1.82) is 0 Å². The fourth-order valence-electron chi connectivity index (χ4n) is 1.24. The minimum absolute atomic E-state index is 0.0398. The predicted molar refractivity (Wildman–Crippen MR) is 52.0 cm³/mol. The van der Waals surface area contributed by atoms with E-state index < -0.39 is 0 Å². The third-order valence-electron chi connectivity index (χ3n) is 1.84. The first-order valence-corrected chi connectivity index (χ1v) is 4.25. The van der Waals surface area contributed by atoms with Crippen LogP contribution in [0.3, 0.4) is 0 Å². The molecule has 3 nitrogen and oxygen atoms in total. The Morgan fingerprint density at radius 2 is 2.23 bits per heavy atom. The molecule has 0 heterocycles. The van der Waals surface area contributed by atoms with E-state index in [1.54, 1.807) is 6.07 Å². The van der Waals surface area contributed by atoms with Crippen LogP contribution in [-0.2, 0) is 6.42 Å². The lowest BCUT2D eigenvalue weighted by atomic mass is 10.1. The van der Waals surface area contributed by atoms with Crippen molar-refractivity contribution in [2.24, 2.45) is 5.73 Å². The standard InChI is InChI=1S/C10H15NO2/c1-7(11)6-8-4-3-5-9(13-2)10(8)12/h3-5,7,12H,6,11H2,1-2H3. The van der Waals surface area contributed by atoms with Gasteiger partial charge in [-0.2, -0.15) is 0 Å². The molecule has 0 spiro atoms. The number of rotatable bonds is 3. The molecule has 1 unspecified atom stereocenters. The van der Waals surface area contributed by atoms with Gasteiger partial charge in [-0.25, -0.2) is 0 Å². The van der Waals surface area contributed by atoms with Crippen LogP contribution in [0.15, 0.2) is 18.2 Å². The van der Waals surface area contributed by atoms with Crippen molar-refractivity contribution in [3.8, 4) is 11.5 Å². The summed E-state index contributed by atoms with van der Waals surface area (Å²) in [7, 11) is 1.53. The molecule has 13 heavy (non-hydrogen) atoms. The zero-order chi connectivity index (χ0) is 9.84. The van der Waals surface area contributed by atoms with E-state index in [0.29, 0.717) is 12.2 Å². The molecule has 1 atom stereocenters. The van der Waals surface area contributed by atoms with Gasteiger partial charge in [-0.05, 0) is 25.0 Å². The van der Waals surface area contributed by atoms with Crippen molar-refractivity contribution in [2.75, 3.05) is 7.11 Å². The van der Waals surface area contributed by atoms with Crippen LogP contribution in [0.4, 0.5) is 0 Å². The summed E-state index contributed by atoms with van der Waals surface area (Å²) in [5.74, 6) is 0.695. The van der Waals surface area contributed by atoms with Crippen LogP contribution in [0, 0.1) is 0 Å².